The maximum absolute atomic E-state index is 13.1. The van der Waals surface area contributed by atoms with Crippen LogP contribution < -0.4 is 19.1 Å². The Balaban J connectivity index is 1.56. The second-order valence-corrected chi connectivity index (χ2v) is 11.1. The van der Waals surface area contributed by atoms with Crippen molar-refractivity contribution in [2.24, 2.45) is 7.05 Å². The predicted molar refractivity (Wildman–Crippen MR) is 149 cm³/mol. The fourth-order valence-corrected chi connectivity index (χ4v) is 5.31. The molecule has 2 aromatic heterocycles. The summed E-state index contributed by atoms with van der Waals surface area (Å²) in [6.07, 6.45) is 2.66. The second-order valence-electron chi connectivity index (χ2n) is 9.39. The molecule has 0 spiro atoms. The summed E-state index contributed by atoms with van der Waals surface area (Å²) in [5.74, 6) is 0.771. The van der Waals surface area contributed by atoms with Gasteiger partial charge >= 0.3 is 0 Å². The number of likely N-dealkylation sites (N-methyl/N-ethyl adjacent to an activating group) is 1. The van der Waals surface area contributed by atoms with Crippen molar-refractivity contribution in [3.63, 3.8) is 0 Å². The Kier molecular flexibility index (Phi) is 7.40. The maximum Gasteiger partial charge on any atom is 0.268 e. The first-order chi connectivity index (χ1) is 18.7. The van der Waals surface area contributed by atoms with Crippen molar-refractivity contribution in [1.29, 1.82) is 0 Å². The van der Waals surface area contributed by atoms with E-state index in [0.29, 0.717) is 17.2 Å². The van der Waals surface area contributed by atoms with E-state index >= 15 is 0 Å². The minimum atomic E-state index is -4.00. The number of methoxy groups -OCH3 is 1. The molecule has 1 aliphatic heterocycles. The number of aromatic nitrogens is 4. The van der Waals surface area contributed by atoms with Crippen LogP contribution in [-0.2, 0) is 17.1 Å². The fraction of sp³-hybridized carbons (Fsp3) is 0.296. The van der Waals surface area contributed by atoms with Gasteiger partial charge in [-0.15, -0.1) is 0 Å². The van der Waals surface area contributed by atoms with Gasteiger partial charge in [-0.1, -0.05) is 30.3 Å². The molecule has 5 rings (SSSR count). The predicted octanol–water partition coefficient (Wildman–Crippen LogP) is 3.54. The highest BCUT2D eigenvalue weighted by atomic mass is 32.2. The van der Waals surface area contributed by atoms with Crippen LogP contribution >= 0.6 is 0 Å². The van der Waals surface area contributed by atoms with E-state index in [4.69, 9.17) is 9.47 Å². The van der Waals surface area contributed by atoms with Gasteiger partial charge in [-0.05, 0) is 31.7 Å². The Morgan fingerprint density at radius 3 is 2.44 bits per heavy atom. The summed E-state index contributed by atoms with van der Waals surface area (Å²) in [6, 6.07) is 15.4. The molecular formula is C27H31N7O4S. The first-order valence-corrected chi connectivity index (χ1v) is 14.0. The van der Waals surface area contributed by atoms with Crippen LogP contribution in [0.4, 0.5) is 11.6 Å². The van der Waals surface area contributed by atoms with Crippen molar-refractivity contribution in [3.8, 4) is 28.6 Å². The molecule has 0 saturated carbocycles. The molecule has 4 aromatic rings. The number of benzene rings is 2. The molecule has 1 saturated heterocycles. The molecule has 0 bridgehead atoms. The van der Waals surface area contributed by atoms with Crippen LogP contribution in [0.3, 0.4) is 0 Å². The summed E-state index contributed by atoms with van der Waals surface area (Å²) >= 11 is 0. The lowest BCUT2D eigenvalue weighted by atomic mass is 10.1. The van der Waals surface area contributed by atoms with E-state index in [9.17, 15) is 8.42 Å². The van der Waals surface area contributed by atoms with E-state index < -0.39 is 10.0 Å². The topological polar surface area (TPSA) is 115 Å². The van der Waals surface area contributed by atoms with Gasteiger partial charge in [0.1, 0.15) is 16.3 Å². The average molecular weight is 550 g/mol. The fourth-order valence-electron chi connectivity index (χ4n) is 4.39. The smallest absolute Gasteiger partial charge is 0.268 e. The normalized spacial score (nSPS) is 14.3. The Hall–Kier alpha value is -4.16. The SMILES string of the molecule is COc1c(Oc2cccc(N3CCN(C)CC3)c2)nc(NS(=O)(=O)c2cnn(C)c2)nc1-c1ccccc1C. The maximum atomic E-state index is 13.1. The van der Waals surface area contributed by atoms with Crippen molar-refractivity contribution in [1.82, 2.24) is 24.6 Å². The highest BCUT2D eigenvalue weighted by Gasteiger charge is 2.24. The van der Waals surface area contributed by atoms with Gasteiger partial charge in [-0.25, -0.2) is 18.1 Å². The molecule has 0 atom stereocenters. The van der Waals surface area contributed by atoms with E-state index in [1.165, 1.54) is 24.2 Å². The second kappa shape index (κ2) is 10.9. The molecule has 0 amide bonds. The summed E-state index contributed by atoms with van der Waals surface area (Å²) in [4.78, 5) is 13.6. The molecule has 1 aliphatic rings. The van der Waals surface area contributed by atoms with Gasteiger partial charge in [0.2, 0.25) is 11.7 Å². The summed E-state index contributed by atoms with van der Waals surface area (Å²) in [5.41, 5.74) is 3.12. The number of nitrogens with one attached hydrogen (secondary N) is 1. The van der Waals surface area contributed by atoms with Gasteiger partial charge in [-0.3, -0.25) is 4.68 Å². The van der Waals surface area contributed by atoms with Crippen LogP contribution in [-0.4, -0.2) is 73.4 Å². The zero-order chi connectivity index (χ0) is 27.6. The van der Waals surface area contributed by atoms with Gasteiger partial charge < -0.3 is 19.3 Å². The Bertz CT molecular complexity index is 1580. The van der Waals surface area contributed by atoms with Gasteiger partial charge in [0.15, 0.2) is 0 Å². The summed E-state index contributed by atoms with van der Waals surface area (Å²) < 4.78 is 42.0. The van der Waals surface area contributed by atoms with E-state index in [2.05, 4.69) is 36.6 Å². The van der Waals surface area contributed by atoms with Gasteiger partial charge in [0, 0.05) is 56.7 Å². The number of hydrogen-bond acceptors (Lipinski definition) is 9. The molecule has 1 N–H and O–H groups in total. The number of nitrogens with zero attached hydrogens (tertiary/aromatic N) is 6. The number of ether oxygens (including phenoxy) is 2. The molecule has 3 heterocycles. The summed E-state index contributed by atoms with van der Waals surface area (Å²) in [5, 5.41) is 3.96. The van der Waals surface area contributed by atoms with Gasteiger partial charge in [0.05, 0.1) is 13.3 Å². The highest BCUT2D eigenvalue weighted by Crippen LogP contribution is 2.40. The number of aryl methyl sites for hydroxylation is 2. The number of anilines is 2. The lowest BCUT2D eigenvalue weighted by Crippen LogP contribution is -2.44. The third-order valence-electron chi connectivity index (χ3n) is 6.56. The van der Waals surface area contributed by atoms with Crippen molar-refractivity contribution < 1.29 is 17.9 Å². The van der Waals surface area contributed by atoms with Gasteiger partial charge in [-0.2, -0.15) is 10.1 Å². The highest BCUT2D eigenvalue weighted by molar-refractivity contribution is 7.92. The summed E-state index contributed by atoms with van der Waals surface area (Å²) in [6.45, 7) is 5.72. The number of hydrogen-bond donors (Lipinski definition) is 1. The molecule has 0 aliphatic carbocycles. The minimum Gasteiger partial charge on any atom is -0.490 e. The monoisotopic (exact) mass is 549 g/mol. The lowest BCUT2D eigenvalue weighted by Gasteiger charge is -2.34. The quantitative estimate of drug-likeness (QED) is 0.352. The zero-order valence-electron chi connectivity index (χ0n) is 22.3. The Labute approximate surface area is 228 Å². The van der Waals surface area contributed by atoms with E-state index in [0.717, 1.165) is 43.0 Å². The van der Waals surface area contributed by atoms with Crippen LogP contribution in [0.1, 0.15) is 5.56 Å². The third-order valence-corrected chi connectivity index (χ3v) is 7.84. The standard InChI is InChI=1S/C27H31N7O4S/c1-19-8-5-6-11-23(19)24-25(37-4)26(30-27(29-24)31-39(35,36)22-17-28-33(3)18-22)38-21-10-7-9-20(16-21)34-14-12-32(2)13-15-34/h5-11,16-18H,12-15H2,1-4H3,(H,29,30,31). The van der Waals surface area contributed by atoms with Crippen LogP contribution in [0.2, 0.25) is 0 Å². The summed E-state index contributed by atoms with van der Waals surface area (Å²) in [7, 11) is 1.26. The molecule has 204 valence electrons. The molecule has 0 unspecified atom stereocenters. The van der Waals surface area contributed by atoms with Crippen molar-refractivity contribution >= 4 is 21.7 Å². The largest absolute Gasteiger partial charge is 0.490 e. The first-order valence-electron chi connectivity index (χ1n) is 12.5. The molecule has 0 radical (unpaired) electrons. The Morgan fingerprint density at radius 2 is 1.74 bits per heavy atom. The molecular weight excluding hydrogens is 518 g/mol. The van der Waals surface area contributed by atoms with Crippen molar-refractivity contribution in [3.05, 3.63) is 66.5 Å². The van der Waals surface area contributed by atoms with Crippen LogP contribution in [0.5, 0.6) is 17.4 Å². The van der Waals surface area contributed by atoms with Crippen molar-refractivity contribution in [2.75, 3.05) is 50.0 Å². The zero-order valence-corrected chi connectivity index (χ0v) is 23.1. The van der Waals surface area contributed by atoms with E-state index in [1.54, 1.807) is 7.05 Å². The van der Waals surface area contributed by atoms with E-state index in [-0.39, 0.29) is 16.7 Å². The molecule has 1 fully saturated rings. The molecule has 2 aromatic carbocycles. The Morgan fingerprint density at radius 1 is 0.974 bits per heavy atom. The van der Waals surface area contributed by atoms with Crippen LogP contribution in [0, 0.1) is 6.92 Å². The minimum absolute atomic E-state index is 0.00999. The average Bonchev–Trinajstić information content (AvgIpc) is 3.36. The van der Waals surface area contributed by atoms with Crippen molar-refractivity contribution in [2.45, 2.75) is 11.8 Å². The third kappa shape index (κ3) is 5.81. The lowest BCUT2D eigenvalue weighted by molar-refractivity contribution is 0.312. The molecule has 11 nitrogen and oxygen atoms in total. The molecule has 39 heavy (non-hydrogen) atoms. The first kappa shape index (κ1) is 26.4. The van der Waals surface area contributed by atoms with Gasteiger partial charge in [0.25, 0.3) is 15.9 Å². The molecule has 12 heteroatoms. The van der Waals surface area contributed by atoms with Crippen LogP contribution in [0.25, 0.3) is 11.3 Å². The number of rotatable bonds is 8. The van der Waals surface area contributed by atoms with E-state index in [1.807, 2.05) is 55.5 Å². The number of sulfonamides is 1. The van der Waals surface area contributed by atoms with Crippen LogP contribution in [0.15, 0.2) is 65.8 Å². The number of piperazine rings is 1.